The molecule has 0 unspecified atom stereocenters. The molecule has 0 aliphatic heterocycles. The summed E-state index contributed by atoms with van der Waals surface area (Å²) in [5.41, 5.74) is 3.66. The van der Waals surface area contributed by atoms with Gasteiger partial charge in [0, 0.05) is 31.4 Å². The minimum Gasteiger partial charge on any atom is -0.456 e. The van der Waals surface area contributed by atoms with E-state index in [0.29, 0.717) is 12.3 Å². The van der Waals surface area contributed by atoms with Crippen molar-refractivity contribution in [2.45, 2.75) is 27.3 Å². The van der Waals surface area contributed by atoms with Crippen LogP contribution in [0.1, 0.15) is 33.3 Å². The lowest BCUT2D eigenvalue weighted by Crippen LogP contribution is -2.27. The third-order valence-electron chi connectivity index (χ3n) is 4.03. The predicted octanol–water partition coefficient (Wildman–Crippen LogP) is 3.02. The fourth-order valence-electron chi connectivity index (χ4n) is 2.92. The van der Waals surface area contributed by atoms with Crippen LogP contribution in [0.3, 0.4) is 0 Å². The van der Waals surface area contributed by atoms with Gasteiger partial charge in [0.15, 0.2) is 11.2 Å². The van der Waals surface area contributed by atoms with E-state index in [4.69, 9.17) is 4.42 Å². The number of carbonyl (C=O) groups is 1. The molecule has 3 aromatic rings. The third-order valence-corrected chi connectivity index (χ3v) is 4.03. The Labute approximate surface area is 151 Å². The van der Waals surface area contributed by atoms with Crippen molar-refractivity contribution in [3.05, 3.63) is 81.2 Å². The molecule has 2 heterocycles. The summed E-state index contributed by atoms with van der Waals surface area (Å²) in [6.45, 7) is 6.00. The van der Waals surface area contributed by atoms with Crippen molar-refractivity contribution in [2.24, 2.45) is 0 Å². The van der Waals surface area contributed by atoms with Gasteiger partial charge in [-0.15, -0.1) is 0 Å². The number of nitrogens with zero attached hydrogens (tertiary/aromatic N) is 3. The van der Waals surface area contributed by atoms with Crippen LogP contribution in [0.2, 0.25) is 0 Å². The van der Waals surface area contributed by atoms with Crippen LogP contribution < -0.4 is 5.43 Å². The Hall–Kier alpha value is -3.15. The molecule has 134 valence electrons. The minimum atomic E-state index is -0.331. The van der Waals surface area contributed by atoms with Crippen molar-refractivity contribution in [2.75, 3.05) is 7.05 Å². The number of hydrogen-bond donors (Lipinski definition) is 0. The molecule has 6 nitrogen and oxygen atoms in total. The van der Waals surface area contributed by atoms with Crippen LogP contribution in [0.4, 0.5) is 0 Å². The van der Waals surface area contributed by atoms with Gasteiger partial charge in [-0.05, 0) is 44.5 Å². The van der Waals surface area contributed by atoms with Crippen LogP contribution in [0, 0.1) is 20.8 Å². The van der Waals surface area contributed by atoms with Crippen LogP contribution in [-0.2, 0) is 6.54 Å². The number of aryl methyl sites for hydroxylation is 3. The first-order valence-electron chi connectivity index (χ1n) is 8.33. The molecule has 0 saturated heterocycles. The number of amides is 1. The third kappa shape index (κ3) is 3.74. The zero-order valence-corrected chi connectivity index (χ0v) is 15.3. The van der Waals surface area contributed by atoms with Crippen molar-refractivity contribution in [1.29, 1.82) is 0 Å². The molecule has 6 heteroatoms. The van der Waals surface area contributed by atoms with Gasteiger partial charge in [-0.3, -0.25) is 9.59 Å². The van der Waals surface area contributed by atoms with Crippen molar-refractivity contribution in [1.82, 2.24) is 14.7 Å². The molecule has 0 saturated carbocycles. The Kier molecular flexibility index (Phi) is 4.75. The first-order valence-corrected chi connectivity index (χ1v) is 8.33. The minimum absolute atomic E-state index is 0.0483. The summed E-state index contributed by atoms with van der Waals surface area (Å²) in [5, 5.41) is 4.49. The fraction of sp³-hybridized carbons (Fsp3) is 0.250. The molecule has 0 atom stereocenters. The van der Waals surface area contributed by atoms with Crippen LogP contribution in [-0.4, -0.2) is 27.6 Å². The van der Waals surface area contributed by atoms with Gasteiger partial charge < -0.3 is 9.32 Å². The summed E-state index contributed by atoms with van der Waals surface area (Å²) >= 11 is 0. The van der Waals surface area contributed by atoms with E-state index in [1.54, 1.807) is 14.0 Å². The number of hydrogen-bond acceptors (Lipinski definition) is 4. The number of carbonyl (C=O) groups excluding carboxylic acids is 1. The normalized spacial score (nSPS) is 10.8. The molecule has 1 amide bonds. The largest absolute Gasteiger partial charge is 0.456 e. The highest BCUT2D eigenvalue weighted by atomic mass is 16.3. The molecular formula is C20H21N3O3. The average Bonchev–Trinajstić information content (AvgIpc) is 2.92. The van der Waals surface area contributed by atoms with Gasteiger partial charge in [0.2, 0.25) is 0 Å². The summed E-state index contributed by atoms with van der Waals surface area (Å²) < 4.78 is 7.26. The smallest absolute Gasteiger partial charge is 0.289 e. The van der Waals surface area contributed by atoms with E-state index in [9.17, 15) is 9.59 Å². The quantitative estimate of drug-likeness (QED) is 0.724. The van der Waals surface area contributed by atoms with E-state index < -0.39 is 0 Å². The lowest BCUT2D eigenvalue weighted by atomic mass is 10.2. The first kappa shape index (κ1) is 17.7. The lowest BCUT2D eigenvalue weighted by Gasteiger charge is -2.17. The predicted molar refractivity (Wildman–Crippen MR) is 98.6 cm³/mol. The van der Waals surface area contributed by atoms with E-state index in [-0.39, 0.29) is 17.1 Å². The molecule has 0 aliphatic carbocycles. The van der Waals surface area contributed by atoms with Crippen molar-refractivity contribution < 1.29 is 9.21 Å². The molecule has 2 aromatic heterocycles. The summed E-state index contributed by atoms with van der Waals surface area (Å²) in [7, 11) is 1.68. The summed E-state index contributed by atoms with van der Waals surface area (Å²) in [5.74, 6) is 0.135. The molecule has 0 bridgehead atoms. The van der Waals surface area contributed by atoms with Crippen molar-refractivity contribution in [3.63, 3.8) is 0 Å². The van der Waals surface area contributed by atoms with Gasteiger partial charge in [0.1, 0.15) is 5.76 Å². The van der Waals surface area contributed by atoms with E-state index >= 15 is 0 Å². The topological polar surface area (TPSA) is 68.3 Å². The van der Waals surface area contributed by atoms with Crippen molar-refractivity contribution in [3.8, 4) is 5.69 Å². The molecule has 26 heavy (non-hydrogen) atoms. The molecule has 0 radical (unpaired) electrons. The summed E-state index contributed by atoms with van der Waals surface area (Å²) in [4.78, 5) is 25.7. The van der Waals surface area contributed by atoms with Crippen LogP contribution in [0.25, 0.3) is 5.69 Å². The molecule has 0 spiro atoms. The molecule has 0 aliphatic rings. The Morgan fingerprint density at radius 3 is 2.58 bits per heavy atom. The second kappa shape index (κ2) is 7.00. The molecule has 0 N–H and O–H groups in total. The van der Waals surface area contributed by atoms with Gasteiger partial charge in [-0.2, -0.15) is 5.10 Å². The highest BCUT2D eigenvalue weighted by Gasteiger charge is 2.16. The second-order valence-electron chi connectivity index (χ2n) is 6.44. The van der Waals surface area contributed by atoms with Gasteiger partial charge in [0.05, 0.1) is 11.4 Å². The molecular weight excluding hydrogens is 330 g/mol. The number of rotatable bonds is 4. The van der Waals surface area contributed by atoms with Crippen molar-refractivity contribution >= 4 is 5.91 Å². The van der Waals surface area contributed by atoms with E-state index in [0.717, 1.165) is 22.6 Å². The Bertz CT molecular complexity index is 1020. The molecule has 3 rings (SSSR count). The van der Waals surface area contributed by atoms with Crippen LogP contribution in [0.15, 0.2) is 51.7 Å². The highest BCUT2D eigenvalue weighted by Crippen LogP contribution is 2.15. The highest BCUT2D eigenvalue weighted by molar-refractivity contribution is 5.91. The maximum atomic E-state index is 12.5. The summed E-state index contributed by atoms with van der Waals surface area (Å²) in [6.07, 6.45) is 0. The van der Waals surface area contributed by atoms with Gasteiger partial charge in [-0.1, -0.05) is 12.1 Å². The lowest BCUT2D eigenvalue weighted by molar-refractivity contribution is 0.0749. The zero-order valence-electron chi connectivity index (χ0n) is 15.3. The molecule has 1 aromatic carbocycles. The van der Waals surface area contributed by atoms with Crippen LogP contribution >= 0.6 is 0 Å². The number of benzene rings is 1. The Morgan fingerprint density at radius 2 is 1.92 bits per heavy atom. The van der Waals surface area contributed by atoms with E-state index in [2.05, 4.69) is 5.10 Å². The van der Waals surface area contributed by atoms with E-state index in [1.807, 2.05) is 48.9 Å². The zero-order chi connectivity index (χ0) is 18.8. The second-order valence-corrected chi connectivity index (χ2v) is 6.44. The van der Waals surface area contributed by atoms with E-state index in [1.165, 1.54) is 17.0 Å². The SMILES string of the molecule is Cc1cc(C)n(-c2cccc(CN(C)C(=O)c3cc(=O)cc(C)o3)c2)n1. The maximum absolute atomic E-state index is 12.5. The first-order chi connectivity index (χ1) is 12.3. The summed E-state index contributed by atoms with van der Waals surface area (Å²) in [6, 6.07) is 12.5. The molecule has 0 fully saturated rings. The standard InChI is InChI=1S/C20H21N3O3/c1-13-8-14(2)23(21-13)17-7-5-6-16(10-17)12-22(4)20(25)19-11-18(24)9-15(3)26-19/h5-11H,12H2,1-4H3. The van der Waals surface area contributed by atoms with Gasteiger partial charge >= 0.3 is 0 Å². The number of aromatic nitrogens is 2. The fourth-order valence-corrected chi connectivity index (χ4v) is 2.92. The average molecular weight is 351 g/mol. The van der Waals surface area contributed by atoms with Gasteiger partial charge in [-0.25, -0.2) is 4.68 Å². The Balaban J connectivity index is 1.82. The maximum Gasteiger partial charge on any atom is 0.289 e. The Morgan fingerprint density at radius 1 is 1.15 bits per heavy atom. The monoisotopic (exact) mass is 351 g/mol. The van der Waals surface area contributed by atoms with Gasteiger partial charge in [0.25, 0.3) is 5.91 Å². The van der Waals surface area contributed by atoms with Crippen LogP contribution in [0.5, 0.6) is 0 Å².